The number of rotatable bonds is 8. The van der Waals surface area contributed by atoms with Crippen LogP contribution in [0.25, 0.3) is 21.9 Å². The summed E-state index contributed by atoms with van der Waals surface area (Å²) in [6, 6.07) is 15.1. The van der Waals surface area contributed by atoms with Gasteiger partial charge in [-0.25, -0.2) is 13.9 Å². The molecule has 0 unspecified atom stereocenters. The average Bonchev–Trinajstić information content (AvgIpc) is 2.74. The molecular weight excluding hydrogens is 420 g/mol. The standard InChI is InChI=1S/C22H24N2O6S/c1-31(29,30)20(21(26)23-28)9-12-24-11-8-18-14-17(6-7-19(18)22(24)27)16-4-2-15(3-5-16)10-13-25/h2-8,11,14,20,25,28H,9-10,12-13H2,1H3,(H,23,26)/t20-/m1/s1. The monoisotopic (exact) mass is 444 g/mol. The molecular formula is C22H24N2O6S. The molecule has 3 rings (SSSR count). The fraction of sp³-hybridized carbons (Fsp3) is 0.273. The number of nitrogens with zero attached hydrogens (tertiary/aromatic N) is 1. The van der Waals surface area contributed by atoms with Crippen LogP contribution < -0.4 is 11.0 Å². The Hall–Kier alpha value is -3.01. The second-order valence-electron chi connectivity index (χ2n) is 7.37. The summed E-state index contributed by atoms with van der Waals surface area (Å²) in [5, 5.41) is 17.6. The molecule has 0 bridgehead atoms. The van der Waals surface area contributed by atoms with E-state index in [1.165, 1.54) is 10.0 Å². The molecule has 8 nitrogen and oxygen atoms in total. The first kappa shape index (κ1) is 22.7. The zero-order chi connectivity index (χ0) is 22.6. The van der Waals surface area contributed by atoms with Gasteiger partial charge in [-0.3, -0.25) is 14.8 Å². The van der Waals surface area contributed by atoms with Gasteiger partial charge in [0.1, 0.15) is 5.25 Å². The summed E-state index contributed by atoms with van der Waals surface area (Å²) in [5.41, 5.74) is 4.04. The number of hydrogen-bond donors (Lipinski definition) is 3. The fourth-order valence-electron chi connectivity index (χ4n) is 3.50. The topological polar surface area (TPSA) is 126 Å². The second-order valence-corrected chi connectivity index (χ2v) is 9.60. The van der Waals surface area contributed by atoms with Gasteiger partial charge in [-0.05, 0) is 53.1 Å². The van der Waals surface area contributed by atoms with Crippen LogP contribution in [0.2, 0.25) is 0 Å². The highest BCUT2D eigenvalue weighted by Crippen LogP contribution is 2.24. The van der Waals surface area contributed by atoms with E-state index in [-0.39, 0.29) is 25.1 Å². The Kier molecular flexibility index (Phi) is 6.89. The molecule has 0 aliphatic heterocycles. The molecule has 0 aliphatic rings. The van der Waals surface area contributed by atoms with Gasteiger partial charge in [0.2, 0.25) is 0 Å². The molecule has 0 fully saturated rings. The summed E-state index contributed by atoms with van der Waals surface area (Å²) in [4.78, 5) is 24.5. The highest BCUT2D eigenvalue weighted by atomic mass is 32.2. The third-order valence-corrected chi connectivity index (χ3v) is 6.70. The van der Waals surface area contributed by atoms with Gasteiger partial charge in [0, 0.05) is 31.0 Å². The minimum absolute atomic E-state index is 0.00794. The number of fused-ring (bicyclic) bond motifs is 1. The predicted octanol–water partition coefficient (Wildman–Crippen LogP) is 1.51. The summed E-state index contributed by atoms with van der Waals surface area (Å²) < 4.78 is 25.0. The van der Waals surface area contributed by atoms with Gasteiger partial charge in [0.05, 0.1) is 0 Å². The van der Waals surface area contributed by atoms with Crippen LogP contribution in [0.1, 0.15) is 12.0 Å². The number of hydroxylamine groups is 1. The van der Waals surface area contributed by atoms with E-state index < -0.39 is 21.0 Å². The molecule has 9 heteroatoms. The van der Waals surface area contributed by atoms with Gasteiger partial charge in [-0.2, -0.15) is 0 Å². The maximum atomic E-state index is 12.8. The van der Waals surface area contributed by atoms with Crippen LogP contribution in [0, 0.1) is 0 Å². The first-order valence-electron chi connectivity index (χ1n) is 9.71. The summed E-state index contributed by atoms with van der Waals surface area (Å²) in [5.74, 6) is -1.02. The van der Waals surface area contributed by atoms with Crippen molar-refractivity contribution in [1.82, 2.24) is 10.0 Å². The third kappa shape index (κ3) is 5.19. The maximum Gasteiger partial charge on any atom is 0.261 e. The lowest BCUT2D eigenvalue weighted by atomic mass is 10.0. The van der Waals surface area contributed by atoms with Gasteiger partial charge in [-0.15, -0.1) is 0 Å². The average molecular weight is 445 g/mol. The Bertz CT molecular complexity index is 1250. The van der Waals surface area contributed by atoms with E-state index in [0.717, 1.165) is 28.3 Å². The summed E-state index contributed by atoms with van der Waals surface area (Å²) in [7, 11) is -3.75. The predicted molar refractivity (Wildman–Crippen MR) is 118 cm³/mol. The summed E-state index contributed by atoms with van der Waals surface area (Å²) in [6.07, 6.45) is 2.93. The lowest BCUT2D eigenvalue weighted by Gasteiger charge is -2.14. The normalized spacial score (nSPS) is 12.6. The Morgan fingerprint density at radius 3 is 2.39 bits per heavy atom. The SMILES string of the molecule is CS(=O)(=O)[C@H](CCn1ccc2cc(-c3ccc(CCO)cc3)ccc2c1=O)C(=O)NO. The number of nitrogens with one attached hydrogen (secondary N) is 1. The van der Waals surface area contributed by atoms with Crippen LogP contribution in [0.5, 0.6) is 0 Å². The number of amides is 1. The van der Waals surface area contributed by atoms with Crippen LogP contribution in [-0.2, 0) is 27.6 Å². The quantitative estimate of drug-likeness (QED) is 0.357. The number of aromatic nitrogens is 1. The Labute approximate surface area is 179 Å². The smallest absolute Gasteiger partial charge is 0.261 e. The van der Waals surface area contributed by atoms with Crippen molar-refractivity contribution in [1.29, 1.82) is 0 Å². The molecule has 0 saturated carbocycles. The third-order valence-electron chi connectivity index (χ3n) is 5.22. The van der Waals surface area contributed by atoms with Crippen LogP contribution in [0.4, 0.5) is 0 Å². The second kappa shape index (κ2) is 9.42. The number of pyridine rings is 1. The molecule has 2 aromatic carbocycles. The molecule has 0 aliphatic carbocycles. The van der Waals surface area contributed by atoms with Gasteiger partial charge in [0.25, 0.3) is 11.5 Å². The van der Waals surface area contributed by atoms with Crippen LogP contribution in [0.15, 0.2) is 59.5 Å². The summed E-state index contributed by atoms with van der Waals surface area (Å²) in [6.45, 7) is 0.102. The fourth-order valence-corrected chi connectivity index (χ4v) is 4.48. The first-order valence-corrected chi connectivity index (χ1v) is 11.7. The van der Waals surface area contributed by atoms with Crippen molar-refractivity contribution in [3.8, 4) is 11.1 Å². The Morgan fingerprint density at radius 2 is 1.77 bits per heavy atom. The molecule has 1 aromatic heterocycles. The number of hydrogen-bond acceptors (Lipinski definition) is 6. The van der Waals surface area contributed by atoms with Gasteiger partial charge < -0.3 is 9.67 Å². The zero-order valence-corrected chi connectivity index (χ0v) is 17.8. The van der Waals surface area contributed by atoms with Gasteiger partial charge in [-0.1, -0.05) is 30.3 Å². The Morgan fingerprint density at radius 1 is 1.10 bits per heavy atom. The highest BCUT2D eigenvalue weighted by molar-refractivity contribution is 7.92. The molecule has 0 radical (unpaired) electrons. The van der Waals surface area contributed by atoms with E-state index >= 15 is 0 Å². The molecule has 0 spiro atoms. The lowest BCUT2D eigenvalue weighted by molar-refractivity contribution is -0.128. The van der Waals surface area contributed by atoms with Gasteiger partial charge in [0.15, 0.2) is 9.84 Å². The molecule has 1 heterocycles. The molecule has 1 amide bonds. The minimum atomic E-state index is -3.75. The van der Waals surface area contributed by atoms with E-state index in [4.69, 9.17) is 10.3 Å². The number of aryl methyl sites for hydroxylation is 1. The van der Waals surface area contributed by atoms with Crippen LogP contribution in [0.3, 0.4) is 0 Å². The number of carbonyl (C=O) groups excluding carboxylic acids is 1. The van der Waals surface area contributed by atoms with Crippen molar-refractivity contribution < 1.29 is 23.5 Å². The molecule has 1 atom stereocenters. The van der Waals surface area contributed by atoms with Crippen molar-refractivity contribution in [2.24, 2.45) is 0 Å². The highest BCUT2D eigenvalue weighted by Gasteiger charge is 2.28. The van der Waals surface area contributed by atoms with E-state index in [0.29, 0.717) is 11.8 Å². The van der Waals surface area contributed by atoms with Gasteiger partial charge >= 0.3 is 0 Å². The number of aliphatic hydroxyl groups excluding tert-OH is 1. The molecule has 0 saturated heterocycles. The van der Waals surface area contributed by atoms with Crippen molar-refractivity contribution in [3.05, 3.63) is 70.6 Å². The summed E-state index contributed by atoms with van der Waals surface area (Å²) >= 11 is 0. The molecule has 31 heavy (non-hydrogen) atoms. The molecule has 3 aromatic rings. The van der Waals surface area contributed by atoms with E-state index in [9.17, 15) is 18.0 Å². The van der Waals surface area contributed by atoms with E-state index in [2.05, 4.69) is 0 Å². The van der Waals surface area contributed by atoms with Crippen LogP contribution in [-0.4, -0.2) is 47.3 Å². The molecule has 3 N–H and O–H groups in total. The number of sulfone groups is 1. The van der Waals surface area contributed by atoms with Crippen molar-refractivity contribution in [2.45, 2.75) is 24.6 Å². The Balaban J connectivity index is 1.86. The van der Waals surface area contributed by atoms with Crippen LogP contribution >= 0.6 is 0 Å². The largest absolute Gasteiger partial charge is 0.396 e. The first-order chi connectivity index (χ1) is 14.7. The minimum Gasteiger partial charge on any atom is -0.396 e. The van der Waals surface area contributed by atoms with Crippen molar-refractivity contribution in [2.75, 3.05) is 12.9 Å². The zero-order valence-electron chi connectivity index (χ0n) is 17.0. The number of carbonyl (C=O) groups is 1. The number of benzene rings is 2. The van der Waals surface area contributed by atoms with E-state index in [1.54, 1.807) is 18.3 Å². The lowest BCUT2D eigenvalue weighted by Crippen LogP contribution is -2.39. The maximum absolute atomic E-state index is 12.8. The number of aliphatic hydroxyl groups is 1. The van der Waals surface area contributed by atoms with E-state index in [1.807, 2.05) is 36.4 Å². The van der Waals surface area contributed by atoms with Crippen molar-refractivity contribution >= 4 is 26.5 Å². The van der Waals surface area contributed by atoms with Crippen molar-refractivity contribution in [3.63, 3.8) is 0 Å². The molecule has 164 valence electrons.